The number of rotatable bonds is 2. The Labute approximate surface area is 96.5 Å². The fraction of sp³-hybridized carbons (Fsp3) is 0.182. The SMILES string of the molecule is O=C(O[N+]1(O)C(=O)CCC1=O)c1ccccc1. The molecule has 1 aromatic rings. The normalized spacial score (nSPS) is 18.2. The molecule has 6 heteroatoms. The monoisotopic (exact) mass is 236 g/mol. The van der Waals surface area contributed by atoms with Crippen molar-refractivity contribution in [3.05, 3.63) is 35.9 Å². The Balaban J connectivity index is 2.19. The molecule has 88 valence electrons. The van der Waals surface area contributed by atoms with Crippen LogP contribution < -0.4 is 0 Å². The van der Waals surface area contributed by atoms with Gasteiger partial charge in [0.2, 0.25) is 0 Å². The summed E-state index contributed by atoms with van der Waals surface area (Å²) in [5, 5.41) is 9.66. The summed E-state index contributed by atoms with van der Waals surface area (Å²) in [6, 6.07) is 7.82. The van der Waals surface area contributed by atoms with Gasteiger partial charge in [0.1, 0.15) is 4.81 Å². The van der Waals surface area contributed by atoms with Crippen molar-refractivity contribution in [2.45, 2.75) is 12.8 Å². The second-order valence-corrected chi connectivity index (χ2v) is 3.61. The summed E-state index contributed by atoms with van der Waals surface area (Å²) in [6.07, 6.45) is -0.255. The van der Waals surface area contributed by atoms with Gasteiger partial charge in [-0.25, -0.2) is 19.2 Å². The van der Waals surface area contributed by atoms with Crippen molar-refractivity contribution in [1.82, 2.24) is 0 Å². The van der Waals surface area contributed by atoms with Gasteiger partial charge in [0.15, 0.2) is 0 Å². The number of carbonyl (C=O) groups is 3. The van der Waals surface area contributed by atoms with Crippen LogP contribution in [0.5, 0.6) is 0 Å². The predicted octanol–water partition coefficient (Wildman–Crippen LogP) is 0.811. The number of benzene rings is 1. The van der Waals surface area contributed by atoms with E-state index in [9.17, 15) is 19.6 Å². The Morgan fingerprint density at radius 1 is 1.12 bits per heavy atom. The van der Waals surface area contributed by atoms with Gasteiger partial charge in [0.05, 0.1) is 18.4 Å². The maximum Gasteiger partial charge on any atom is 0.403 e. The highest BCUT2D eigenvalue weighted by Gasteiger charge is 2.55. The fourth-order valence-electron chi connectivity index (χ4n) is 1.50. The van der Waals surface area contributed by atoms with Crippen LogP contribution in [0.3, 0.4) is 0 Å². The molecule has 2 amide bonds. The highest BCUT2D eigenvalue weighted by Crippen LogP contribution is 2.21. The number of hydrogen-bond acceptors (Lipinski definition) is 5. The first-order valence-electron chi connectivity index (χ1n) is 5.01. The van der Waals surface area contributed by atoms with E-state index < -0.39 is 22.6 Å². The molecule has 0 aliphatic carbocycles. The van der Waals surface area contributed by atoms with Gasteiger partial charge in [-0.3, -0.25) is 0 Å². The number of hydroxylamine groups is 4. The zero-order valence-electron chi connectivity index (χ0n) is 8.83. The number of quaternary nitrogens is 1. The molecule has 1 N–H and O–H groups in total. The number of amides is 2. The van der Waals surface area contributed by atoms with E-state index in [1.807, 2.05) is 0 Å². The van der Waals surface area contributed by atoms with Gasteiger partial charge in [-0.2, -0.15) is 5.21 Å². The van der Waals surface area contributed by atoms with Crippen LogP contribution in [0, 0.1) is 0 Å². The minimum Gasteiger partial charge on any atom is -0.239 e. The molecular formula is C11H10NO5+. The van der Waals surface area contributed by atoms with Crippen LogP contribution in [0.15, 0.2) is 30.3 Å². The van der Waals surface area contributed by atoms with Crippen LogP contribution in [0.4, 0.5) is 0 Å². The van der Waals surface area contributed by atoms with Crippen LogP contribution in [0.25, 0.3) is 0 Å². The molecule has 0 spiro atoms. The Morgan fingerprint density at radius 3 is 2.18 bits per heavy atom. The van der Waals surface area contributed by atoms with Gasteiger partial charge in [0.25, 0.3) is 0 Å². The predicted molar refractivity (Wildman–Crippen MR) is 53.2 cm³/mol. The average molecular weight is 236 g/mol. The average Bonchev–Trinajstić information content (AvgIpc) is 2.58. The first-order valence-corrected chi connectivity index (χ1v) is 5.01. The number of imide groups is 1. The molecule has 1 saturated heterocycles. The van der Waals surface area contributed by atoms with Gasteiger partial charge >= 0.3 is 17.8 Å². The number of nitrogens with zero attached hydrogens (tertiary/aromatic N) is 1. The molecule has 0 bridgehead atoms. The van der Waals surface area contributed by atoms with E-state index in [0.717, 1.165) is 0 Å². The molecule has 1 heterocycles. The van der Waals surface area contributed by atoms with E-state index in [1.54, 1.807) is 18.2 Å². The first-order chi connectivity index (χ1) is 8.04. The Hall–Kier alpha value is -2.05. The van der Waals surface area contributed by atoms with Gasteiger partial charge in [-0.15, -0.1) is 0 Å². The van der Waals surface area contributed by atoms with Crippen LogP contribution in [-0.4, -0.2) is 27.8 Å². The molecule has 1 fully saturated rings. The summed E-state index contributed by atoms with van der Waals surface area (Å²) in [6.45, 7) is 0. The first kappa shape index (κ1) is 11.4. The second-order valence-electron chi connectivity index (χ2n) is 3.61. The zero-order chi connectivity index (χ0) is 12.5. The summed E-state index contributed by atoms with van der Waals surface area (Å²) >= 11 is 0. The van der Waals surface area contributed by atoms with Crippen molar-refractivity contribution in [2.75, 3.05) is 0 Å². The third-order valence-corrected chi connectivity index (χ3v) is 2.45. The van der Waals surface area contributed by atoms with E-state index in [0.29, 0.717) is 0 Å². The van der Waals surface area contributed by atoms with E-state index in [4.69, 9.17) is 0 Å². The third kappa shape index (κ3) is 1.95. The summed E-state index contributed by atoms with van der Waals surface area (Å²) in [7, 11) is 0. The standard InChI is InChI=1S/C11H10NO5/c13-9-6-7-10(14)12(9,16)17-11(15)8-4-2-1-3-5-8/h1-5,16H,6-7H2/q+1. The Kier molecular flexibility index (Phi) is 2.74. The molecular weight excluding hydrogens is 226 g/mol. The number of carbonyl (C=O) groups excluding carboxylic acids is 3. The summed E-state index contributed by atoms with van der Waals surface area (Å²) in [4.78, 5) is 36.9. The molecule has 1 aliphatic rings. The van der Waals surface area contributed by atoms with E-state index in [1.165, 1.54) is 12.1 Å². The summed E-state index contributed by atoms with van der Waals surface area (Å²) in [5.74, 6) is -2.59. The maximum atomic E-state index is 11.6. The molecule has 17 heavy (non-hydrogen) atoms. The quantitative estimate of drug-likeness (QED) is 0.467. The Morgan fingerprint density at radius 2 is 1.65 bits per heavy atom. The largest absolute Gasteiger partial charge is 0.403 e. The molecule has 0 aromatic heterocycles. The Bertz CT molecular complexity index is 466. The molecule has 0 unspecified atom stereocenters. The highest BCUT2D eigenvalue weighted by molar-refractivity contribution is 5.93. The van der Waals surface area contributed by atoms with E-state index >= 15 is 0 Å². The molecule has 0 saturated carbocycles. The fourth-order valence-corrected chi connectivity index (χ4v) is 1.50. The maximum absolute atomic E-state index is 11.6. The van der Waals surface area contributed by atoms with E-state index in [2.05, 4.69) is 4.84 Å². The van der Waals surface area contributed by atoms with E-state index in [-0.39, 0.29) is 18.4 Å². The van der Waals surface area contributed by atoms with Crippen LogP contribution in [0.1, 0.15) is 23.2 Å². The van der Waals surface area contributed by atoms with Gasteiger partial charge in [0, 0.05) is 0 Å². The van der Waals surface area contributed by atoms with Crippen LogP contribution in [-0.2, 0) is 14.4 Å². The smallest absolute Gasteiger partial charge is 0.239 e. The topological polar surface area (TPSA) is 80.7 Å². The van der Waals surface area contributed by atoms with Gasteiger partial charge < -0.3 is 0 Å². The molecule has 6 nitrogen and oxygen atoms in total. The molecule has 1 aliphatic heterocycles. The summed E-state index contributed by atoms with van der Waals surface area (Å²) in [5.41, 5.74) is 0.159. The van der Waals surface area contributed by atoms with Crippen molar-refractivity contribution < 1.29 is 29.2 Å². The molecule has 0 atom stereocenters. The minimum atomic E-state index is -1.88. The third-order valence-electron chi connectivity index (χ3n) is 2.45. The zero-order valence-corrected chi connectivity index (χ0v) is 8.83. The molecule has 1 aromatic carbocycles. The summed E-state index contributed by atoms with van der Waals surface area (Å²) < 4.78 is 0. The minimum absolute atomic E-state index is 0.128. The highest BCUT2D eigenvalue weighted by atomic mass is 17.0. The lowest BCUT2D eigenvalue weighted by atomic mass is 10.2. The van der Waals surface area contributed by atoms with Crippen molar-refractivity contribution in [3.8, 4) is 0 Å². The van der Waals surface area contributed by atoms with Crippen molar-refractivity contribution in [1.29, 1.82) is 0 Å². The number of hydrogen-bond donors (Lipinski definition) is 1. The lowest BCUT2D eigenvalue weighted by Gasteiger charge is -2.15. The molecule has 2 rings (SSSR count). The lowest BCUT2D eigenvalue weighted by molar-refractivity contribution is -1.12. The van der Waals surface area contributed by atoms with Gasteiger partial charge in [-0.05, 0) is 12.1 Å². The lowest BCUT2D eigenvalue weighted by Crippen LogP contribution is -2.50. The van der Waals surface area contributed by atoms with Gasteiger partial charge in [-0.1, -0.05) is 18.2 Å². The van der Waals surface area contributed by atoms with Crippen LogP contribution in [0.2, 0.25) is 0 Å². The van der Waals surface area contributed by atoms with Crippen molar-refractivity contribution in [3.63, 3.8) is 0 Å². The molecule has 0 radical (unpaired) electrons. The van der Waals surface area contributed by atoms with Crippen molar-refractivity contribution >= 4 is 17.8 Å². The van der Waals surface area contributed by atoms with Crippen molar-refractivity contribution in [2.24, 2.45) is 0 Å². The van der Waals surface area contributed by atoms with Crippen LogP contribution >= 0.6 is 0 Å². The second kappa shape index (κ2) is 4.08.